The average Bonchev–Trinajstić information content (AvgIpc) is 3.21. The van der Waals surface area contributed by atoms with Crippen molar-refractivity contribution in [3.63, 3.8) is 0 Å². The number of aromatic nitrogens is 5. The second-order valence-corrected chi connectivity index (χ2v) is 6.03. The number of fused-ring (bicyclic) bond motifs is 1. The van der Waals surface area contributed by atoms with E-state index in [2.05, 4.69) is 26.5 Å². The van der Waals surface area contributed by atoms with Gasteiger partial charge in [0.1, 0.15) is 17.3 Å². The van der Waals surface area contributed by atoms with Crippen LogP contribution >= 0.6 is 11.3 Å². The minimum atomic E-state index is 0.501. The van der Waals surface area contributed by atoms with E-state index >= 15 is 0 Å². The zero-order chi connectivity index (χ0) is 15.6. The fourth-order valence-electron chi connectivity index (χ4n) is 2.36. The number of para-hydroxylation sites is 2. The topological polar surface area (TPSA) is 65.7 Å². The molecule has 0 radical (unpaired) electrons. The number of rotatable bonds is 4. The van der Waals surface area contributed by atoms with Crippen molar-refractivity contribution in [1.29, 1.82) is 0 Å². The molecule has 2 aromatic heterocycles. The van der Waals surface area contributed by atoms with Crippen molar-refractivity contribution in [1.82, 2.24) is 25.2 Å². The third-order valence-corrected chi connectivity index (χ3v) is 4.44. The summed E-state index contributed by atoms with van der Waals surface area (Å²) in [6.45, 7) is 0.501. The lowest BCUT2D eigenvalue weighted by molar-refractivity contribution is 0.416. The van der Waals surface area contributed by atoms with Gasteiger partial charge in [-0.3, -0.25) is 0 Å². The van der Waals surface area contributed by atoms with Crippen molar-refractivity contribution in [2.24, 2.45) is 0 Å². The Hall–Kier alpha value is -2.80. The van der Waals surface area contributed by atoms with Crippen LogP contribution in [0.15, 0.2) is 48.5 Å². The number of methoxy groups -OCH3 is 1. The number of benzene rings is 2. The van der Waals surface area contributed by atoms with Crippen LogP contribution in [0, 0.1) is 0 Å². The molecular weight excluding hydrogens is 310 g/mol. The van der Waals surface area contributed by atoms with Crippen LogP contribution in [0.1, 0.15) is 5.01 Å². The van der Waals surface area contributed by atoms with Crippen molar-refractivity contribution < 1.29 is 4.74 Å². The number of hydrogen-bond acceptors (Lipinski definition) is 6. The monoisotopic (exact) mass is 323 g/mol. The second-order valence-electron chi connectivity index (χ2n) is 4.92. The standard InChI is InChI=1S/C16H13N5OS/c1-22-13-8-4-2-6-11(13)16-18-20-21(19-16)10-15-17-12-7-3-5-9-14(12)23-15/h2-9H,10H2,1H3. The van der Waals surface area contributed by atoms with E-state index in [-0.39, 0.29) is 0 Å². The van der Waals surface area contributed by atoms with Gasteiger partial charge < -0.3 is 4.74 Å². The Bertz CT molecular complexity index is 929. The molecule has 0 aliphatic heterocycles. The smallest absolute Gasteiger partial charge is 0.208 e. The maximum atomic E-state index is 5.34. The van der Waals surface area contributed by atoms with Crippen LogP contribution in [0.2, 0.25) is 0 Å². The summed E-state index contributed by atoms with van der Waals surface area (Å²) in [5, 5.41) is 13.6. The van der Waals surface area contributed by atoms with Crippen LogP contribution in [-0.2, 0) is 6.54 Å². The maximum absolute atomic E-state index is 5.34. The van der Waals surface area contributed by atoms with E-state index in [1.165, 1.54) is 0 Å². The fraction of sp³-hybridized carbons (Fsp3) is 0.125. The summed E-state index contributed by atoms with van der Waals surface area (Å²) < 4.78 is 6.50. The van der Waals surface area contributed by atoms with Gasteiger partial charge in [0.25, 0.3) is 0 Å². The van der Waals surface area contributed by atoms with Gasteiger partial charge in [0.2, 0.25) is 5.82 Å². The van der Waals surface area contributed by atoms with E-state index in [0.29, 0.717) is 12.4 Å². The molecule has 0 fully saturated rings. The lowest BCUT2D eigenvalue weighted by Gasteiger charge is -2.03. The van der Waals surface area contributed by atoms with E-state index in [4.69, 9.17) is 4.74 Å². The Morgan fingerprint density at radius 2 is 1.91 bits per heavy atom. The quantitative estimate of drug-likeness (QED) is 0.577. The van der Waals surface area contributed by atoms with E-state index in [9.17, 15) is 0 Å². The van der Waals surface area contributed by atoms with Crippen molar-refractivity contribution in [2.45, 2.75) is 6.54 Å². The predicted octanol–water partition coefficient (Wildman–Crippen LogP) is 3.01. The number of hydrogen-bond donors (Lipinski definition) is 0. The molecule has 7 heteroatoms. The molecule has 6 nitrogen and oxygen atoms in total. The third-order valence-electron chi connectivity index (χ3n) is 3.42. The lowest BCUT2D eigenvalue weighted by atomic mass is 10.2. The van der Waals surface area contributed by atoms with Gasteiger partial charge in [0, 0.05) is 0 Å². The lowest BCUT2D eigenvalue weighted by Crippen LogP contribution is -2.03. The highest BCUT2D eigenvalue weighted by molar-refractivity contribution is 7.18. The largest absolute Gasteiger partial charge is 0.496 e. The Morgan fingerprint density at radius 1 is 1.09 bits per heavy atom. The van der Waals surface area contributed by atoms with Gasteiger partial charge in [0.15, 0.2) is 0 Å². The van der Waals surface area contributed by atoms with Crippen LogP contribution in [0.4, 0.5) is 0 Å². The molecule has 0 N–H and O–H groups in total. The highest BCUT2D eigenvalue weighted by Gasteiger charge is 2.12. The molecule has 0 amide bonds. The van der Waals surface area contributed by atoms with E-state index in [1.807, 2.05) is 42.5 Å². The van der Waals surface area contributed by atoms with Gasteiger partial charge in [-0.05, 0) is 29.5 Å². The number of tetrazole rings is 1. The second kappa shape index (κ2) is 5.77. The minimum Gasteiger partial charge on any atom is -0.496 e. The third kappa shape index (κ3) is 2.66. The highest BCUT2D eigenvalue weighted by Crippen LogP contribution is 2.26. The summed E-state index contributed by atoms with van der Waals surface area (Å²) in [6, 6.07) is 15.7. The molecule has 4 rings (SSSR count). The first kappa shape index (κ1) is 13.8. The van der Waals surface area contributed by atoms with E-state index in [1.54, 1.807) is 23.2 Å². The zero-order valence-corrected chi connectivity index (χ0v) is 13.2. The summed E-state index contributed by atoms with van der Waals surface area (Å²) >= 11 is 1.64. The first-order valence-corrected chi connectivity index (χ1v) is 7.91. The molecule has 0 saturated carbocycles. The van der Waals surface area contributed by atoms with Crippen molar-refractivity contribution in [3.8, 4) is 17.1 Å². The summed E-state index contributed by atoms with van der Waals surface area (Å²) in [6.07, 6.45) is 0. The van der Waals surface area contributed by atoms with Crippen molar-refractivity contribution in [3.05, 3.63) is 53.5 Å². The Kier molecular flexibility index (Phi) is 3.47. The molecule has 0 spiro atoms. The fourth-order valence-corrected chi connectivity index (χ4v) is 3.30. The Balaban J connectivity index is 1.63. The molecule has 0 unspecified atom stereocenters. The van der Waals surface area contributed by atoms with E-state index in [0.717, 1.165) is 26.5 Å². The molecule has 2 heterocycles. The van der Waals surface area contributed by atoms with Gasteiger partial charge in [-0.2, -0.15) is 4.80 Å². The summed E-state index contributed by atoms with van der Waals surface area (Å²) in [5.74, 6) is 1.27. The molecule has 4 aromatic rings. The van der Waals surface area contributed by atoms with Crippen LogP contribution < -0.4 is 4.74 Å². The Morgan fingerprint density at radius 3 is 2.78 bits per heavy atom. The van der Waals surface area contributed by atoms with Crippen LogP contribution in [-0.4, -0.2) is 32.3 Å². The highest BCUT2D eigenvalue weighted by atomic mass is 32.1. The molecule has 0 saturated heterocycles. The van der Waals surface area contributed by atoms with Crippen LogP contribution in [0.5, 0.6) is 5.75 Å². The van der Waals surface area contributed by atoms with Crippen molar-refractivity contribution >= 4 is 21.6 Å². The summed E-state index contributed by atoms with van der Waals surface area (Å²) in [5.41, 5.74) is 1.82. The van der Waals surface area contributed by atoms with E-state index < -0.39 is 0 Å². The predicted molar refractivity (Wildman–Crippen MR) is 88.5 cm³/mol. The minimum absolute atomic E-state index is 0.501. The van der Waals surface area contributed by atoms with Gasteiger partial charge >= 0.3 is 0 Å². The van der Waals surface area contributed by atoms with Gasteiger partial charge in [0.05, 0.1) is 22.9 Å². The summed E-state index contributed by atoms with van der Waals surface area (Å²) in [7, 11) is 1.63. The molecule has 2 aromatic carbocycles. The number of nitrogens with zero attached hydrogens (tertiary/aromatic N) is 5. The van der Waals surface area contributed by atoms with Crippen molar-refractivity contribution in [2.75, 3.05) is 7.11 Å². The number of thiazole rings is 1. The van der Waals surface area contributed by atoms with Gasteiger partial charge in [-0.15, -0.1) is 21.5 Å². The molecule has 114 valence electrons. The first-order valence-electron chi connectivity index (χ1n) is 7.09. The molecular formula is C16H13N5OS. The molecule has 23 heavy (non-hydrogen) atoms. The SMILES string of the molecule is COc1ccccc1-c1nnn(Cc2nc3ccccc3s2)n1. The number of ether oxygens (including phenoxy) is 1. The average molecular weight is 323 g/mol. The van der Waals surface area contributed by atoms with Crippen LogP contribution in [0.25, 0.3) is 21.6 Å². The molecule has 0 bridgehead atoms. The summed E-state index contributed by atoms with van der Waals surface area (Å²) in [4.78, 5) is 6.14. The van der Waals surface area contributed by atoms with Crippen LogP contribution in [0.3, 0.4) is 0 Å². The van der Waals surface area contributed by atoms with Gasteiger partial charge in [-0.1, -0.05) is 24.3 Å². The maximum Gasteiger partial charge on any atom is 0.208 e. The molecule has 0 aliphatic rings. The molecule has 0 aliphatic carbocycles. The zero-order valence-electron chi connectivity index (χ0n) is 12.4. The van der Waals surface area contributed by atoms with Gasteiger partial charge in [-0.25, -0.2) is 4.98 Å². The molecule has 0 atom stereocenters. The normalized spacial score (nSPS) is 11.0. The Labute approximate surface area is 136 Å². The first-order chi connectivity index (χ1) is 11.3.